The number of anilines is 2. The molecular weight excluding hydrogens is 312 g/mol. The Morgan fingerprint density at radius 3 is 2.22 bits per heavy atom. The lowest BCUT2D eigenvalue weighted by molar-refractivity contribution is -0.115. The lowest BCUT2D eigenvalue weighted by Crippen LogP contribution is -2.31. The topological polar surface area (TPSA) is 66.5 Å². The zero-order valence-corrected chi connectivity index (χ0v) is 14.0. The molecule has 0 atom stereocenters. The number of para-hydroxylation sites is 2. The van der Waals surface area contributed by atoms with Gasteiger partial charge in [-0.15, -0.1) is 0 Å². The minimum atomic E-state index is -3.77. The van der Waals surface area contributed by atoms with Gasteiger partial charge in [0.15, 0.2) is 0 Å². The summed E-state index contributed by atoms with van der Waals surface area (Å²) in [6.45, 7) is 3.79. The summed E-state index contributed by atoms with van der Waals surface area (Å²) < 4.78 is 27.4. The quantitative estimate of drug-likeness (QED) is 0.883. The van der Waals surface area contributed by atoms with Gasteiger partial charge in [-0.25, -0.2) is 8.42 Å². The fourth-order valence-corrected chi connectivity index (χ4v) is 3.86. The standard InChI is InChI=1S/C17H20N2O3S/c1-3-17(20)18-15-12-8-9-13-16(15)23(21,22)19(4-2)14-10-6-5-7-11-14/h5-13H,3-4H2,1-2H3,(H,18,20). The highest BCUT2D eigenvalue weighted by Gasteiger charge is 2.26. The van der Waals surface area contributed by atoms with Gasteiger partial charge in [-0.2, -0.15) is 0 Å². The van der Waals surface area contributed by atoms with Crippen LogP contribution in [0, 0.1) is 0 Å². The SMILES string of the molecule is CCC(=O)Nc1ccccc1S(=O)(=O)N(CC)c1ccccc1. The molecule has 122 valence electrons. The van der Waals surface area contributed by atoms with Crippen LogP contribution in [-0.4, -0.2) is 20.9 Å². The molecule has 0 aromatic heterocycles. The van der Waals surface area contributed by atoms with E-state index < -0.39 is 10.0 Å². The van der Waals surface area contributed by atoms with Crippen LogP contribution in [-0.2, 0) is 14.8 Å². The summed E-state index contributed by atoms with van der Waals surface area (Å²) in [5, 5.41) is 2.65. The molecule has 2 aromatic rings. The third-order valence-electron chi connectivity index (χ3n) is 3.38. The van der Waals surface area contributed by atoms with Crippen LogP contribution in [0.4, 0.5) is 11.4 Å². The molecule has 2 aromatic carbocycles. The number of benzene rings is 2. The van der Waals surface area contributed by atoms with Crippen molar-refractivity contribution in [2.24, 2.45) is 0 Å². The van der Waals surface area contributed by atoms with E-state index in [-0.39, 0.29) is 17.2 Å². The van der Waals surface area contributed by atoms with Gasteiger partial charge in [0, 0.05) is 13.0 Å². The first-order valence-electron chi connectivity index (χ1n) is 7.47. The van der Waals surface area contributed by atoms with Gasteiger partial charge in [0.05, 0.1) is 11.4 Å². The molecule has 2 rings (SSSR count). The van der Waals surface area contributed by atoms with Gasteiger partial charge in [-0.3, -0.25) is 9.10 Å². The Morgan fingerprint density at radius 1 is 1.00 bits per heavy atom. The number of hydrogen-bond donors (Lipinski definition) is 1. The third-order valence-corrected chi connectivity index (χ3v) is 5.34. The van der Waals surface area contributed by atoms with Crippen LogP contribution in [0.1, 0.15) is 20.3 Å². The second-order valence-electron chi connectivity index (χ2n) is 4.90. The summed E-state index contributed by atoms with van der Waals surface area (Å²) in [4.78, 5) is 11.7. The average molecular weight is 332 g/mol. The molecular formula is C17H20N2O3S. The molecule has 0 saturated carbocycles. The Balaban J connectivity index is 2.49. The van der Waals surface area contributed by atoms with Crippen molar-refractivity contribution in [3.05, 3.63) is 54.6 Å². The molecule has 0 heterocycles. The predicted octanol–water partition coefficient (Wildman–Crippen LogP) is 3.25. The molecule has 0 saturated heterocycles. The van der Waals surface area contributed by atoms with Crippen LogP contribution < -0.4 is 9.62 Å². The molecule has 6 heteroatoms. The zero-order chi connectivity index (χ0) is 16.9. The van der Waals surface area contributed by atoms with Crippen molar-refractivity contribution < 1.29 is 13.2 Å². The predicted molar refractivity (Wildman–Crippen MR) is 92.0 cm³/mol. The van der Waals surface area contributed by atoms with Gasteiger partial charge >= 0.3 is 0 Å². The number of nitrogens with zero attached hydrogens (tertiary/aromatic N) is 1. The summed E-state index contributed by atoms with van der Waals surface area (Å²) >= 11 is 0. The van der Waals surface area contributed by atoms with E-state index in [9.17, 15) is 13.2 Å². The van der Waals surface area contributed by atoms with E-state index in [2.05, 4.69) is 5.32 Å². The minimum absolute atomic E-state index is 0.0903. The maximum absolute atomic E-state index is 13.0. The van der Waals surface area contributed by atoms with Crippen LogP contribution >= 0.6 is 0 Å². The van der Waals surface area contributed by atoms with Crippen molar-refractivity contribution in [2.75, 3.05) is 16.2 Å². The Labute approximate surface area is 137 Å². The van der Waals surface area contributed by atoms with E-state index >= 15 is 0 Å². The molecule has 0 spiro atoms. The molecule has 0 aliphatic carbocycles. The number of carbonyl (C=O) groups is 1. The second kappa shape index (κ2) is 7.28. The van der Waals surface area contributed by atoms with Crippen molar-refractivity contribution >= 4 is 27.3 Å². The van der Waals surface area contributed by atoms with Gasteiger partial charge in [-0.1, -0.05) is 37.3 Å². The first-order chi connectivity index (χ1) is 11.0. The molecule has 23 heavy (non-hydrogen) atoms. The number of sulfonamides is 1. The maximum Gasteiger partial charge on any atom is 0.266 e. The highest BCUT2D eigenvalue weighted by atomic mass is 32.2. The zero-order valence-electron chi connectivity index (χ0n) is 13.2. The fourth-order valence-electron chi connectivity index (χ4n) is 2.24. The number of amides is 1. The normalized spacial score (nSPS) is 11.0. The van der Waals surface area contributed by atoms with Gasteiger partial charge in [0.2, 0.25) is 5.91 Å². The second-order valence-corrected chi connectivity index (χ2v) is 6.73. The summed E-state index contributed by atoms with van der Waals surface area (Å²) in [6, 6.07) is 15.3. The Hall–Kier alpha value is -2.34. The smallest absolute Gasteiger partial charge is 0.266 e. The number of carbonyl (C=O) groups excluding carboxylic acids is 1. The van der Waals surface area contributed by atoms with Gasteiger partial charge in [0.1, 0.15) is 4.90 Å². The molecule has 1 amide bonds. The van der Waals surface area contributed by atoms with E-state index in [1.807, 2.05) is 6.07 Å². The van der Waals surface area contributed by atoms with Crippen molar-refractivity contribution in [1.29, 1.82) is 0 Å². The van der Waals surface area contributed by atoms with Crippen LogP contribution in [0.3, 0.4) is 0 Å². The maximum atomic E-state index is 13.0. The number of hydrogen-bond acceptors (Lipinski definition) is 3. The van der Waals surface area contributed by atoms with Gasteiger partial charge < -0.3 is 5.32 Å². The summed E-state index contributed by atoms with van der Waals surface area (Å²) in [6.07, 6.45) is 0.282. The lowest BCUT2D eigenvalue weighted by Gasteiger charge is -2.24. The van der Waals surface area contributed by atoms with Crippen LogP contribution in [0.15, 0.2) is 59.5 Å². The third kappa shape index (κ3) is 3.71. The summed E-state index contributed by atoms with van der Waals surface area (Å²) in [7, 11) is -3.77. The lowest BCUT2D eigenvalue weighted by atomic mass is 10.3. The van der Waals surface area contributed by atoms with Crippen LogP contribution in [0.25, 0.3) is 0 Å². The molecule has 0 unspecified atom stereocenters. The average Bonchev–Trinajstić information content (AvgIpc) is 2.56. The monoisotopic (exact) mass is 332 g/mol. The van der Waals surface area contributed by atoms with Gasteiger partial charge in [-0.05, 0) is 31.2 Å². The largest absolute Gasteiger partial charge is 0.325 e. The molecule has 0 bridgehead atoms. The van der Waals surface area contributed by atoms with E-state index in [1.165, 1.54) is 10.4 Å². The number of rotatable bonds is 6. The molecule has 0 radical (unpaired) electrons. The highest BCUT2D eigenvalue weighted by Crippen LogP contribution is 2.28. The van der Waals surface area contributed by atoms with Crippen LogP contribution in [0.2, 0.25) is 0 Å². The molecule has 0 aliphatic rings. The molecule has 0 fully saturated rings. The minimum Gasteiger partial charge on any atom is -0.325 e. The van der Waals surface area contributed by atoms with Crippen molar-refractivity contribution in [3.8, 4) is 0 Å². The van der Waals surface area contributed by atoms with Crippen molar-refractivity contribution in [2.45, 2.75) is 25.2 Å². The highest BCUT2D eigenvalue weighted by molar-refractivity contribution is 7.93. The summed E-state index contributed by atoms with van der Waals surface area (Å²) in [5.74, 6) is -0.226. The van der Waals surface area contributed by atoms with E-state index in [1.54, 1.807) is 56.3 Å². The van der Waals surface area contributed by atoms with Gasteiger partial charge in [0.25, 0.3) is 10.0 Å². The van der Waals surface area contributed by atoms with Crippen LogP contribution in [0.5, 0.6) is 0 Å². The fraction of sp³-hybridized carbons (Fsp3) is 0.235. The first kappa shape index (κ1) is 17.0. The Morgan fingerprint density at radius 2 is 1.61 bits per heavy atom. The first-order valence-corrected chi connectivity index (χ1v) is 8.91. The number of nitrogens with one attached hydrogen (secondary N) is 1. The Kier molecular flexibility index (Phi) is 5.39. The molecule has 1 N–H and O–H groups in total. The van der Waals surface area contributed by atoms with E-state index in [4.69, 9.17) is 0 Å². The summed E-state index contributed by atoms with van der Waals surface area (Å²) in [5.41, 5.74) is 0.889. The molecule has 5 nitrogen and oxygen atoms in total. The van der Waals surface area contributed by atoms with E-state index in [0.717, 1.165) is 0 Å². The van der Waals surface area contributed by atoms with E-state index in [0.29, 0.717) is 17.9 Å². The van der Waals surface area contributed by atoms with Crippen molar-refractivity contribution in [3.63, 3.8) is 0 Å². The Bertz CT molecular complexity index is 773. The molecule has 0 aliphatic heterocycles. The van der Waals surface area contributed by atoms with Crippen molar-refractivity contribution in [1.82, 2.24) is 0 Å².